The molecule has 2 amide bonds. The van der Waals surface area contributed by atoms with E-state index in [4.69, 9.17) is 4.42 Å². The lowest BCUT2D eigenvalue weighted by atomic mass is 9.82. The monoisotopic (exact) mass is 500 g/mol. The van der Waals surface area contributed by atoms with Gasteiger partial charge in [0.15, 0.2) is 5.76 Å². The summed E-state index contributed by atoms with van der Waals surface area (Å²) in [4.78, 5) is 41.2. The number of carboxylic acid groups (broad SMARTS) is 1. The summed E-state index contributed by atoms with van der Waals surface area (Å²) in [5, 5.41) is 13.3. The van der Waals surface area contributed by atoms with Gasteiger partial charge in [-0.2, -0.15) is 0 Å². The second-order valence-corrected chi connectivity index (χ2v) is 11.1. The number of nitrogens with one attached hydrogen (secondary N) is 1. The van der Waals surface area contributed by atoms with Gasteiger partial charge in [0.1, 0.15) is 4.88 Å². The Morgan fingerprint density at radius 3 is 2.44 bits per heavy atom. The first kappa shape index (κ1) is 24.2. The lowest BCUT2D eigenvalue weighted by molar-refractivity contribution is -0.123. The van der Waals surface area contributed by atoms with E-state index in [-0.39, 0.29) is 34.4 Å². The smallest absolute Gasteiger partial charge is 0.348 e. The molecule has 2 N–H and O–H groups in total. The summed E-state index contributed by atoms with van der Waals surface area (Å²) < 4.78 is 5.12. The van der Waals surface area contributed by atoms with Gasteiger partial charge in [-0.1, -0.05) is 6.92 Å². The minimum absolute atomic E-state index is 0.00586. The predicted octanol–water partition coefficient (Wildman–Crippen LogP) is 6.59. The van der Waals surface area contributed by atoms with Gasteiger partial charge in [0.05, 0.1) is 17.0 Å². The molecule has 1 saturated carbocycles. The number of rotatable bonds is 7. The van der Waals surface area contributed by atoms with Gasteiger partial charge in [0, 0.05) is 21.7 Å². The van der Waals surface area contributed by atoms with E-state index in [0.717, 1.165) is 46.8 Å². The molecule has 0 spiro atoms. The number of amides is 2. The van der Waals surface area contributed by atoms with Crippen LogP contribution in [-0.2, 0) is 4.79 Å². The van der Waals surface area contributed by atoms with Gasteiger partial charge in [-0.25, -0.2) is 4.79 Å². The van der Waals surface area contributed by atoms with Crippen molar-refractivity contribution in [3.05, 3.63) is 47.2 Å². The molecule has 3 aromatic heterocycles. The van der Waals surface area contributed by atoms with Crippen LogP contribution in [0, 0.1) is 11.8 Å². The van der Waals surface area contributed by atoms with E-state index in [1.807, 2.05) is 19.9 Å². The molecule has 0 bridgehead atoms. The molecule has 3 heterocycles. The number of furan rings is 1. The highest BCUT2D eigenvalue weighted by atomic mass is 32.1. The Hall–Kier alpha value is -2.91. The van der Waals surface area contributed by atoms with Gasteiger partial charge < -0.3 is 19.7 Å². The Morgan fingerprint density at radius 2 is 1.82 bits per heavy atom. The van der Waals surface area contributed by atoms with Crippen molar-refractivity contribution in [3.8, 4) is 9.75 Å². The van der Waals surface area contributed by atoms with Crippen molar-refractivity contribution in [2.75, 3.05) is 10.2 Å². The molecule has 3 aromatic rings. The summed E-state index contributed by atoms with van der Waals surface area (Å²) in [5.41, 5.74) is 0.445. The molecule has 4 rings (SSSR count). The van der Waals surface area contributed by atoms with Gasteiger partial charge in [-0.3, -0.25) is 9.59 Å². The number of carboxylic acids is 1. The number of thiophene rings is 2. The number of aromatic carboxylic acids is 1. The van der Waals surface area contributed by atoms with Crippen LogP contribution in [0.3, 0.4) is 0 Å². The fourth-order valence-electron chi connectivity index (χ4n) is 4.31. The molecule has 0 aliphatic heterocycles. The number of anilines is 2. The molecule has 9 heteroatoms. The van der Waals surface area contributed by atoms with Crippen LogP contribution >= 0.6 is 22.7 Å². The highest BCUT2D eigenvalue weighted by Gasteiger charge is 2.33. The van der Waals surface area contributed by atoms with Crippen LogP contribution in [0.1, 0.15) is 66.7 Å². The Bertz CT molecular complexity index is 1170. The maximum Gasteiger partial charge on any atom is 0.348 e. The van der Waals surface area contributed by atoms with Crippen molar-refractivity contribution < 1.29 is 23.9 Å². The van der Waals surface area contributed by atoms with Crippen LogP contribution < -0.4 is 10.2 Å². The van der Waals surface area contributed by atoms with Crippen molar-refractivity contribution in [3.63, 3.8) is 0 Å². The number of carbonyl (C=O) groups excluding carboxylic acids is 2. The van der Waals surface area contributed by atoms with Crippen molar-refractivity contribution in [1.29, 1.82) is 0 Å². The SMILES string of the molecule is CC1CCC(C(=O)N(c2cc(-c3ccc(NC(=O)c4ccco4)s3)sc2C(=O)O)C(C)C)CC1. The number of nitrogens with zero attached hydrogens (tertiary/aromatic N) is 1. The average Bonchev–Trinajstić information content (AvgIpc) is 3.55. The van der Waals surface area contributed by atoms with Gasteiger partial charge in [-0.15, -0.1) is 22.7 Å². The molecule has 0 atom stereocenters. The minimum Gasteiger partial charge on any atom is -0.477 e. The zero-order valence-electron chi connectivity index (χ0n) is 19.4. The molecule has 34 heavy (non-hydrogen) atoms. The van der Waals surface area contributed by atoms with Crippen LogP contribution in [-0.4, -0.2) is 28.9 Å². The standard InChI is InChI=1S/C25H28N2O5S2/c1-14(2)27(24(29)16-8-6-15(3)7-9-16)17-13-20(34-22(17)25(30)31)19-10-11-21(33-19)26-23(28)18-5-4-12-32-18/h4-5,10-16H,6-9H2,1-3H3,(H,26,28)(H,30,31). The van der Waals surface area contributed by atoms with Gasteiger partial charge in [0.2, 0.25) is 5.91 Å². The number of hydrogen-bond donors (Lipinski definition) is 2. The number of hydrogen-bond acceptors (Lipinski definition) is 6. The molecule has 0 aromatic carbocycles. The van der Waals surface area contributed by atoms with Crippen molar-refractivity contribution >= 4 is 51.1 Å². The van der Waals surface area contributed by atoms with Crippen LogP contribution in [0.2, 0.25) is 0 Å². The Morgan fingerprint density at radius 1 is 1.09 bits per heavy atom. The minimum atomic E-state index is -1.05. The summed E-state index contributed by atoms with van der Waals surface area (Å²) >= 11 is 2.49. The molecular formula is C25H28N2O5S2. The van der Waals surface area contributed by atoms with Crippen molar-refractivity contribution in [1.82, 2.24) is 0 Å². The molecule has 1 fully saturated rings. The van der Waals surface area contributed by atoms with Crippen LogP contribution in [0.15, 0.2) is 41.0 Å². The normalized spacial score (nSPS) is 18.1. The third-order valence-corrected chi connectivity index (χ3v) is 8.42. The maximum atomic E-state index is 13.5. The van der Waals surface area contributed by atoms with Crippen molar-refractivity contribution in [2.45, 2.75) is 52.5 Å². The van der Waals surface area contributed by atoms with E-state index in [9.17, 15) is 19.5 Å². The summed E-state index contributed by atoms with van der Waals surface area (Å²) in [6.45, 7) is 6.04. The lowest BCUT2D eigenvalue weighted by Crippen LogP contribution is -2.42. The zero-order chi connectivity index (χ0) is 24.4. The molecule has 0 radical (unpaired) electrons. The first-order chi connectivity index (χ1) is 16.2. The third kappa shape index (κ3) is 5.10. The van der Waals surface area contributed by atoms with E-state index >= 15 is 0 Å². The Labute approximate surface area is 206 Å². The predicted molar refractivity (Wildman–Crippen MR) is 135 cm³/mol. The molecule has 7 nitrogen and oxygen atoms in total. The average molecular weight is 501 g/mol. The van der Waals surface area contributed by atoms with E-state index in [2.05, 4.69) is 12.2 Å². The highest BCUT2D eigenvalue weighted by molar-refractivity contribution is 7.25. The first-order valence-corrected chi connectivity index (χ1v) is 13.0. The van der Waals surface area contributed by atoms with Gasteiger partial charge in [0.25, 0.3) is 5.91 Å². The molecule has 0 saturated heterocycles. The van der Waals surface area contributed by atoms with Crippen molar-refractivity contribution in [2.24, 2.45) is 11.8 Å². The summed E-state index contributed by atoms with van der Waals surface area (Å²) in [6, 6.07) is 8.47. The molecule has 1 aliphatic carbocycles. The zero-order valence-corrected chi connectivity index (χ0v) is 21.0. The first-order valence-electron chi connectivity index (χ1n) is 11.4. The molecule has 1 aliphatic rings. The Kier molecular flexibility index (Phi) is 7.23. The molecule has 180 valence electrons. The maximum absolute atomic E-state index is 13.5. The molecular weight excluding hydrogens is 472 g/mol. The highest BCUT2D eigenvalue weighted by Crippen LogP contribution is 2.42. The summed E-state index contributed by atoms with van der Waals surface area (Å²) in [6.07, 6.45) is 5.15. The topological polar surface area (TPSA) is 99.9 Å². The molecule has 0 unspecified atom stereocenters. The second-order valence-electron chi connectivity index (χ2n) is 8.98. The second kappa shape index (κ2) is 10.1. The quantitative estimate of drug-likeness (QED) is 0.381. The van der Waals surface area contributed by atoms with Gasteiger partial charge in [-0.05, 0) is 75.8 Å². The fraction of sp³-hybridized carbons (Fsp3) is 0.400. The van der Waals surface area contributed by atoms with E-state index < -0.39 is 5.97 Å². The number of carbonyl (C=O) groups is 3. The Balaban J connectivity index is 1.61. The van der Waals surface area contributed by atoms with Crippen LogP contribution in [0.5, 0.6) is 0 Å². The van der Waals surface area contributed by atoms with Gasteiger partial charge >= 0.3 is 5.97 Å². The fourth-order valence-corrected chi connectivity index (χ4v) is 6.28. The van der Waals surface area contributed by atoms with E-state index in [1.165, 1.54) is 17.6 Å². The summed E-state index contributed by atoms with van der Waals surface area (Å²) in [7, 11) is 0. The van der Waals surface area contributed by atoms with E-state index in [1.54, 1.807) is 29.2 Å². The van der Waals surface area contributed by atoms with Crippen LogP contribution in [0.4, 0.5) is 10.7 Å². The summed E-state index contributed by atoms with van der Waals surface area (Å²) in [5.74, 6) is -0.635. The van der Waals surface area contributed by atoms with E-state index in [0.29, 0.717) is 16.6 Å². The third-order valence-electron chi connectivity index (χ3n) is 6.12. The van der Waals surface area contributed by atoms with Crippen LogP contribution in [0.25, 0.3) is 9.75 Å². The lowest BCUT2D eigenvalue weighted by Gasteiger charge is -2.33. The largest absolute Gasteiger partial charge is 0.477 e.